The second-order valence-corrected chi connectivity index (χ2v) is 9.73. The van der Waals surface area contributed by atoms with Crippen LogP contribution in [0.1, 0.15) is 43.7 Å². The zero-order chi connectivity index (χ0) is 22.9. The van der Waals surface area contributed by atoms with Gasteiger partial charge in [0.1, 0.15) is 6.33 Å². The highest BCUT2D eigenvalue weighted by Crippen LogP contribution is 2.33. The molecule has 7 heteroatoms. The van der Waals surface area contributed by atoms with Crippen molar-refractivity contribution in [3.05, 3.63) is 54.5 Å². The Hall–Kier alpha value is -3.35. The fourth-order valence-corrected chi connectivity index (χ4v) is 5.45. The summed E-state index contributed by atoms with van der Waals surface area (Å²) in [5.41, 5.74) is 5.49. The van der Waals surface area contributed by atoms with Crippen LogP contribution in [-0.4, -0.2) is 60.2 Å². The molecule has 3 aliphatic heterocycles. The van der Waals surface area contributed by atoms with E-state index in [1.807, 2.05) is 17.0 Å². The molecule has 6 rings (SSSR count). The summed E-state index contributed by atoms with van der Waals surface area (Å²) in [5.74, 6) is 0.351. The van der Waals surface area contributed by atoms with Crippen molar-refractivity contribution in [1.29, 1.82) is 0 Å². The Morgan fingerprint density at radius 2 is 1.47 bits per heavy atom. The third-order valence-corrected chi connectivity index (χ3v) is 7.63. The average molecular weight is 457 g/mol. The molecule has 0 atom stereocenters. The van der Waals surface area contributed by atoms with Gasteiger partial charge in [-0.25, -0.2) is 14.8 Å². The fraction of sp³-hybridized carbons (Fsp3) is 0.444. The number of piperidine rings is 1. The van der Waals surface area contributed by atoms with Crippen molar-refractivity contribution in [2.24, 2.45) is 0 Å². The van der Waals surface area contributed by atoms with Crippen molar-refractivity contribution >= 4 is 34.0 Å². The molecule has 0 bridgehead atoms. The first-order valence-corrected chi connectivity index (χ1v) is 12.7. The highest BCUT2D eigenvalue weighted by Gasteiger charge is 2.26. The van der Waals surface area contributed by atoms with Crippen LogP contribution in [-0.2, 0) is 0 Å². The maximum atomic E-state index is 12.9. The number of hydrogen-bond acceptors (Lipinski definition) is 5. The summed E-state index contributed by atoms with van der Waals surface area (Å²) in [5, 5.41) is 4.23. The lowest BCUT2D eigenvalue weighted by molar-refractivity contribution is 0.194. The Bertz CT molecular complexity index is 1160. The van der Waals surface area contributed by atoms with Crippen LogP contribution in [0.3, 0.4) is 0 Å². The number of nitrogens with zero attached hydrogens (tertiary/aromatic N) is 5. The van der Waals surface area contributed by atoms with Crippen LogP contribution in [0.5, 0.6) is 0 Å². The van der Waals surface area contributed by atoms with E-state index in [1.54, 1.807) is 6.33 Å². The van der Waals surface area contributed by atoms with Gasteiger partial charge >= 0.3 is 6.03 Å². The minimum atomic E-state index is -0.0147. The number of likely N-dealkylation sites (tertiary alicyclic amines) is 1. The van der Waals surface area contributed by atoms with Gasteiger partial charge in [-0.05, 0) is 74.6 Å². The summed E-state index contributed by atoms with van der Waals surface area (Å²) in [6, 6.07) is 14.8. The number of anilines is 3. The standard InChI is InChI=1S/C27H32N6O/c34-27(30-21-4-6-22(7-5-21)31-12-1-2-13-31)33-16-10-20(11-17-33)26-24-9-8-23(32-14-3-15-32)18-25(24)28-19-29-26/h4-9,18-20H,1-3,10-17H2,(H,30,34). The molecule has 3 fully saturated rings. The second-order valence-electron chi connectivity index (χ2n) is 9.73. The molecule has 34 heavy (non-hydrogen) atoms. The normalized spacial score (nSPS) is 18.9. The SMILES string of the molecule is O=C(Nc1ccc(N2CCCC2)cc1)N1CCC(c2ncnc3cc(N4CCC4)ccc23)CC1. The third kappa shape index (κ3) is 4.15. The number of fused-ring (bicyclic) bond motifs is 1. The first-order valence-electron chi connectivity index (χ1n) is 12.7. The Balaban J connectivity index is 1.08. The monoisotopic (exact) mass is 456 g/mol. The molecule has 1 aromatic heterocycles. The number of carbonyl (C=O) groups excluding carboxylic acids is 1. The summed E-state index contributed by atoms with van der Waals surface area (Å²) in [7, 11) is 0. The van der Waals surface area contributed by atoms with Gasteiger partial charge in [0.2, 0.25) is 0 Å². The molecule has 3 aromatic rings. The van der Waals surface area contributed by atoms with Gasteiger partial charge in [-0.1, -0.05) is 0 Å². The largest absolute Gasteiger partial charge is 0.372 e. The number of hydrogen-bond donors (Lipinski definition) is 1. The summed E-state index contributed by atoms with van der Waals surface area (Å²) in [4.78, 5) is 28.8. The topological polar surface area (TPSA) is 64.6 Å². The van der Waals surface area contributed by atoms with Crippen LogP contribution >= 0.6 is 0 Å². The lowest BCUT2D eigenvalue weighted by Gasteiger charge is -2.33. The maximum Gasteiger partial charge on any atom is 0.321 e. The van der Waals surface area contributed by atoms with Crippen molar-refractivity contribution in [2.75, 3.05) is 54.4 Å². The van der Waals surface area contributed by atoms with Gasteiger partial charge in [0.05, 0.1) is 11.2 Å². The van der Waals surface area contributed by atoms with Gasteiger partial charge < -0.3 is 20.0 Å². The molecule has 176 valence electrons. The predicted molar refractivity (Wildman–Crippen MR) is 137 cm³/mol. The number of rotatable bonds is 4. The van der Waals surface area contributed by atoms with Crippen LogP contribution in [0.25, 0.3) is 10.9 Å². The van der Waals surface area contributed by atoms with Crippen LogP contribution in [0.4, 0.5) is 21.9 Å². The smallest absolute Gasteiger partial charge is 0.321 e. The summed E-state index contributed by atoms with van der Waals surface area (Å²) < 4.78 is 0. The van der Waals surface area contributed by atoms with E-state index in [2.05, 4.69) is 55.4 Å². The number of amides is 2. The lowest BCUT2D eigenvalue weighted by atomic mass is 9.91. The van der Waals surface area contributed by atoms with Crippen molar-refractivity contribution in [3.8, 4) is 0 Å². The van der Waals surface area contributed by atoms with E-state index < -0.39 is 0 Å². The van der Waals surface area contributed by atoms with Crippen molar-refractivity contribution < 1.29 is 4.79 Å². The Labute approximate surface area is 200 Å². The van der Waals surface area contributed by atoms with E-state index in [4.69, 9.17) is 0 Å². The highest BCUT2D eigenvalue weighted by atomic mass is 16.2. The maximum absolute atomic E-state index is 12.9. The van der Waals surface area contributed by atoms with Crippen LogP contribution in [0.2, 0.25) is 0 Å². The van der Waals surface area contributed by atoms with Gasteiger partial charge in [0, 0.05) is 67.6 Å². The Kier molecular flexibility index (Phi) is 5.69. The van der Waals surface area contributed by atoms with Gasteiger partial charge in [-0.2, -0.15) is 0 Å². The number of carbonyl (C=O) groups is 1. The number of aromatic nitrogens is 2. The zero-order valence-electron chi connectivity index (χ0n) is 19.6. The Morgan fingerprint density at radius 1 is 0.794 bits per heavy atom. The number of nitrogens with one attached hydrogen (secondary N) is 1. The quantitative estimate of drug-likeness (QED) is 0.608. The third-order valence-electron chi connectivity index (χ3n) is 7.63. The number of benzene rings is 2. The van der Waals surface area contributed by atoms with Gasteiger partial charge in [-0.3, -0.25) is 0 Å². The molecular formula is C27H32N6O. The van der Waals surface area contributed by atoms with E-state index in [-0.39, 0.29) is 6.03 Å². The van der Waals surface area contributed by atoms with Gasteiger partial charge in [0.15, 0.2) is 0 Å². The average Bonchev–Trinajstić information content (AvgIpc) is 3.38. The van der Waals surface area contributed by atoms with Crippen LogP contribution in [0.15, 0.2) is 48.8 Å². The molecule has 3 saturated heterocycles. The van der Waals surface area contributed by atoms with Gasteiger partial charge in [-0.15, -0.1) is 0 Å². The van der Waals surface area contributed by atoms with Crippen LogP contribution in [0, 0.1) is 0 Å². The fourth-order valence-electron chi connectivity index (χ4n) is 5.45. The minimum Gasteiger partial charge on any atom is -0.372 e. The second kappa shape index (κ2) is 9.12. The first-order chi connectivity index (χ1) is 16.7. The molecular weight excluding hydrogens is 424 g/mol. The van der Waals surface area contributed by atoms with Crippen molar-refractivity contribution in [2.45, 2.75) is 38.0 Å². The van der Waals surface area contributed by atoms with E-state index in [0.29, 0.717) is 5.92 Å². The molecule has 0 radical (unpaired) electrons. The van der Waals surface area contributed by atoms with E-state index in [0.717, 1.165) is 74.4 Å². The number of urea groups is 1. The molecule has 0 aliphatic carbocycles. The molecule has 3 aliphatic rings. The Morgan fingerprint density at radius 3 is 2.18 bits per heavy atom. The molecule has 0 unspecified atom stereocenters. The molecule has 7 nitrogen and oxygen atoms in total. The van der Waals surface area contributed by atoms with Gasteiger partial charge in [0.25, 0.3) is 0 Å². The summed E-state index contributed by atoms with van der Waals surface area (Å²) in [6.07, 6.45) is 7.33. The van der Waals surface area contributed by atoms with Crippen LogP contribution < -0.4 is 15.1 Å². The molecule has 0 saturated carbocycles. The molecule has 2 amide bonds. The molecule has 4 heterocycles. The summed E-state index contributed by atoms with van der Waals surface area (Å²) in [6.45, 7) is 5.99. The first kappa shape index (κ1) is 21.2. The minimum absolute atomic E-state index is 0.0147. The zero-order valence-corrected chi connectivity index (χ0v) is 19.6. The molecule has 2 aromatic carbocycles. The van der Waals surface area contributed by atoms with Crippen molar-refractivity contribution in [3.63, 3.8) is 0 Å². The highest BCUT2D eigenvalue weighted by molar-refractivity contribution is 5.89. The predicted octanol–water partition coefficient (Wildman–Crippen LogP) is 4.85. The van der Waals surface area contributed by atoms with E-state index in [9.17, 15) is 4.79 Å². The summed E-state index contributed by atoms with van der Waals surface area (Å²) >= 11 is 0. The van der Waals surface area contributed by atoms with E-state index >= 15 is 0 Å². The lowest BCUT2D eigenvalue weighted by Crippen LogP contribution is -2.40. The van der Waals surface area contributed by atoms with E-state index in [1.165, 1.54) is 30.6 Å². The molecule has 0 spiro atoms. The van der Waals surface area contributed by atoms with Crippen molar-refractivity contribution in [1.82, 2.24) is 14.9 Å². The molecule has 1 N–H and O–H groups in total.